The van der Waals surface area contributed by atoms with Gasteiger partial charge in [0.15, 0.2) is 7.51 Å². The second kappa shape index (κ2) is 8.63. The van der Waals surface area contributed by atoms with Gasteiger partial charge in [-0.05, 0) is 45.1 Å². The molecule has 2 rings (SSSR count). The number of hydrogen-bond donors (Lipinski definition) is 0. The SMILES string of the molecule is CCN(CC)P1(=NC(C)(C)C)N(C)CCCN1Cc1ccc(P)cc1. The van der Waals surface area contributed by atoms with Crippen molar-refractivity contribution in [1.29, 1.82) is 0 Å². The summed E-state index contributed by atoms with van der Waals surface area (Å²) >= 11 is 0. The third-order valence-corrected chi connectivity index (χ3v) is 9.42. The van der Waals surface area contributed by atoms with Gasteiger partial charge in [-0.1, -0.05) is 38.1 Å². The Kier molecular flexibility index (Phi) is 7.27. The van der Waals surface area contributed by atoms with Crippen LogP contribution >= 0.6 is 16.7 Å². The largest absolute Gasteiger partial charge is 0.255 e. The molecule has 0 aromatic heterocycles. The standard InChI is InChI=1S/C19H36N4P2/c1-7-22(8-2)25(20-19(3,4)5)21(6)14-9-15-23(25)16-17-10-12-18(24)13-11-17/h10-13H,7-9,14-16,24H2,1-6H3. The fourth-order valence-electron chi connectivity index (χ4n) is 3.58. The van der Waals surface area contributed by atoms with E-state index in [4.69, 9.17) is 4.74 Å². The molecule has 142 valence electrons. The van der Waals surface area contributed by atoms with Gasteiger partial charge in [0.2, 0.25) is 0 Å². The van der Waals surface area contributed by atoms with E-state index in [1.54, 1.807) is 0 Å². The van der Waals surface area contributed by atoms with Crippen LogP contribution in [0.15, 0.2) is 29.0 Å². The van der Waals surface area contributed by atoms with Gasteiger partial charge >= 0.3 is 0 Å². The average molecular weight is 382 g/mol. The van der Waals surface area contributed by atoms with Gasteiger partial charge in [0, 0.05) is 32.7 Å². The number of nitrogens with zero attached hydrogens (tertiary/aromatic N) is 4. The van der Waals surface area contributed by atoms with E-state index in [0.29, 0.717) is 0 Å². The van der Waals surface area contributed by atoms with Gasteiger partial charge in [0.25, 0.3) is 0 Å². The fraction of sp³-hybridized carbons (Fsp3) is 0.684. The molecule has 0 N–H and O–H groups in total. The van der Waals surface area contributed by atoms with Crippen LogP contribution in [0.4, 0.5) is 0 Å². The molecule has 6 heteroatoms. The van der Waals surface area contributed by atoms with Crippen LogP contribution in [0.25, 0.3) is 0 Å². The summed E-state index contributed by atoms with van der Waals surface area (Å²) in [5, 5.41) is 1.24. The summed E-state index contributed by atoms with van der Waals surface area (Å²) in [7, 11) is 3.17. The van der Waals surface area contributed by atoms with Crippen LogP contribution in [0, 0.1) is 0 Å². The highest BCUT2D eigenvalue weighted by Crippen LogP contribution is 2.62. The van der Waals surface area contributed by atoms with Gasteiger partial charge in [-0.3, -0.25) is 4.74 Å². The maximum atomic E-state index is 5.50. The van der Waals surface area contributed by atoms with Gasteiger partial charge in [-0.15, -0.1) is 9.24 Å². The van der Waals surface area contributed by atoms with E-state index in [9.17, 15) is 0 Å². The average Bonchev–Trinajstić information content (AvgIpc) is 2.53. The van der Waals surface area contributed by atoms with Gasteiger partial charge in [0.05, 0.1) is 5.54 Å². The van der Waals surface area contributed by atoms with Crippen LogP contribution in [0.2, 0.25) is 0 Å². The summed E-state index contributed by atoms with van der Waals surface area (Å²) in [5.74, 6) is 0. The molecule has 0 bridgehead atoms. The lowest BCUT2D eigenvalue weighted by Gasteiger charge is -2.52. The van der Waals surface area contributed by atoms with Crippen LogP contribution < -0.4 is 5.30 Å². The summed E-state index contributed by atoms with van der Waals surface area (Å²) in [6, 6.07) is 8.88. The molecule has 1 aliphatic rings. The Hall–Kier alpha value is -0.240. The van der Waals surface area contributed by atoms with E-state index < -0.39 is 7.51 Å². The minimum absolute atomic E-state index is 0.0515. The Morgan fingerprint density at radius 2 is 1.72 bits per heavy atom. The molecule has 25 heavy (non-hydrogen) atoms. The van der Waals surface area contributed by atoms with Crippen LogP contribution in [0.3, 0.4) is 0 Å². The second-order valence-electron chi connectivity index (χ2n) is 7.81. The molecule has 0 spiro atoms. The van der Waals surface area contributed by atoms with Crippen molar-refractivity contribution in [3.8, 4) is 0 Å². The zero-order chi connectivity index (χ0) is 18.7. The molecule has 2 atom stereocenters. The van der Waals surface area contributed by atoms with E-state index in [1.165, 1.54) is 17.3 Å². The summed E-state index contributed by atoms with van der Waals surface area (Å²) < 4.78 is 13.3. The Morgan fingerprint density at radius 3 is 2.24 bits per heavy atom. The first-order valence-corrected chi connectivity index (χ1v) is 11.6. The lowest BCUT2D eigenvalue weighted by molar-refractivity contribution is 0.280. The maximum Gasteiger partial charge on any atom is 0.168 e. The van der Waals surface area contributed by atoms with Crippen molar-refractivity contribution in [3.05, 3.63) is 29.8 Å². The van der Waals surface area contributed by atoms with Gasteiger partial charge in [-0.25, -0.2) is 14.0 Å². The van der Waals surface area contributed by atoms with E-state index in [1.807, 2.05) is 0 Å². The molecule has 4 nitrogen and oxygen atoms in total. The molecule has 0 aliphatic carbocycles. The zero-order valence-corrected chi connectivity index (χ0v) is 18.9. The minimum Gasteiger partial charge on any atom is -0.255 e. The molecule has 1 heterocycles. The molecule has 1 fully saturated rings. The Balaban J connectivity index is 2.52. The predicted molar refractivity (Wildman–Crippen MR) is 115 cm³/mol. The normalized spacial score (nSPS) is 23.2. The lowest BCUT2D eigenvalue weighted by atomic mass is 10.1. The highest BCUT2D eigenvalue weighted by Gasteiger charge is 2.41. The molecular weight excluding hydrogens is 346 g/mol. The van der Waals surface area contributed by atoms with Crippen LogP contribution in [0.1, 0.15) is 46.6 Å². The quantitative estimate of drug-likeness (QED) is 0.704. The molecular formula is C19H36N4P2. The molecule has 2 unspecified atom stereocenters. The number of rotatable bonds is 5. The maximum absolute atomic E-state index is 5.50. The minimum atomic E-state index is -1.88. The van der Waals surface area contributed by atoms with Gasteiger partial charge in [0.1, 0.15) is 0 Å². The van der Waals surface area contributed by atoms with Crippen LogP contribution in [-0.2, 0) is 6.54 Å². The number of benzene rings is 1. The molecule has 0 radical (unpaired) electrons. The van der Waals surface area contributed by atoms with Crippen molar-refractivity contribution in [2.75, 3.05) is 33.2 Å². The van der Waals surface area contributed by atoms with Gasteiger partial charge < -0.3 is 0 Å². The van der Waals surface area contributed by atoms with E-state index in [-0.39, 0.29) is 5.54 Å². The summed E-state index contributed by atoms with van der Waals surface area (Å²) in [6.07, 6.45) is 1.21. The monoisotopic (exact) mass is 382 g/mol. The van der Waals surface area contributed by atoms with Crippen molar-refractivity contribution < 1.29 is 0 Å². The van der Waals surface area contributed by atoms with Crippen molar-refractivity contribution in [1.82, 2.24) is 14.0 Å². The summed E-state index contributed by atoms with van der Waals surface area (Å²) in [4.78, 5) is 0. The highest BCUT2D eigenvalue weighted by molar-refractivity contribution is 7.59. The third-order valence-electron chi connectivity index (χ3n) is 4.62. The van der Waals surface area contributed by atoms with Crippen LogP contribution in [-0.4, -0.2) is 52.8 Å². The first-order valence-electron chi connectivity index (χ1n) is 9.43. The summed E-state index contributed by atoms with van der Waals surface area (Å²) in [5.41, 5.74) is 1.33. The predicted octanol–water partition coefficient (Wildman–Crippen LogP) is 4.41. The Labute approximate surface area is 157 Å². The number of hydrogen-bond acceptors (Lipinski definition) is 1. The van der Waals surface area contributed by atoms with E-state index in [0.717, 1.165) is 32.7 Å². The van der Waals surface area contributed by atoms with Crippen molar-refractivity contribution in [2.45, 2.75) is 53.1 Å². The van der Waals surface area contributed by atoms with E-state index in [2.05, 4.69) is 89.2 Å². The van der Waals surface area contributed by atoms with E-state index >= 15 is 0 Å². The Morgan fingerprint density at radius 1 is 1.12 bits per heavy atom. The van der Waals surface area contributed by atoms with Gasteiger partial charge in [-0.2, -0.15) is 0 Å². The second-order valence-corrected chi connectivity index (χ2v) is 11.6. The smallest absolute Gasteiger partial charge is 0.168 e. The van der Waals surface area contributed by atoms with Crippen molar-refractivity contribution in [2.24, 2.45) is 4.74 Å². The summed E-state index contributed by atoms with van der Waals surface area (Å²) in [6.45, 7) is 16.6. The first-order chi connectivity index (χ1) is 11.7. The van der Waals surface area contributed by atoms with Crippen LogP contribution in [0.5, 0.6) is 0 Å². The fourth-order valence-corrected chi connectivity index (χ4v) is 8.13. The zero-order valence-electron chi connectivity index (χ0n) is 16.9. The van der Waals surface area contributed by atoms with Crippen molar-refractivity contribution >= 4 is 22.1 Å². The molecule has 1 aliphatic heterocycles. The molecule has 1 aromatic carbocycles. The Bertz CT molecular complexity index is 603. The third kappa shape index (κ3) is 4.93. The highest BCUT2D eigenvalue weighted by atomic mass is 31.2. The molecule has 0 amide bonds. The topological polar surface area (TPSA) is 22.1 Å². The molecule has 1 saturated heterocycles. The molecule has 1 aromatic rings. The van der Waals surface area contributed by atoms with Crippen molar-refractivity contribution in [3.63, 3.8) is 0 Å². The molecule has 0 saturated carbocycles. The first kappa shape index (κ1) is 21.1. The lowest BCUT2D eigenvalue weighted by Crippen LogP contribution is -2.45.